The lowest BCUT2D eigenvalue weighted by Gasteiger charge is -2.01. The molecule has 0 aliphatic carbocycles. The molecule has 0 fully saturated rings. The SMILES string of the molecule is CC(=O)NCC=Cc1ccc(C(C)=O)cc1[N+](=O)[O-]. The molecule has 100 valence electrons. The van der Waals surface area contributed by atoms with Gasteiger partial charge in [0.05, 0.1) is 10.5 Å². The third kappa shape index (κ3) is 4.34. The van der Waals surface area contributed by atoms with Crippen LogP contribution in [0.3, 0.4) is 0 Å². The topological polar surface area (TPSA) is 89.3 Å². The summed E-state index contributed by atoms with van der Waals surface area (Å²) in [5, 5.41) is 13.5. The molecule has 0 saturated carbocycles. The fourth-order valence-electron chi connectivity index (χ4n) is 1.45. The number of amides is 1. The summed E-state index contributed by atoms with van der Waals surface area (Å²) in [6, 6.07) is 4.30. The van der Waals surface area contributed by atoms with Crippen LogP contribution in [0.4, 0.5) is 5.69 Å². The molecule has 0 bridgehead atoms. The first-order chi connectivity index (χ1) is 8.91. The summed E-state index contributed by atoms with van der Waals surface area (Å²) in [6.45, 7) is 3.03. The highest BCUT2D eigenvalue weighted by atomic mass is 16.6. The number of carbonyl (C=O) groups excluding carboxylic acids is 2. The quantitative estimate of drug-likeness (QED) is 0.499. The van der Waals surface area contributed by atoms with Gasteiger partial charge in [-0.2, -0.15) is 0 Å². The van der Waals surface area contributed by atoms with Gasteiger partial charge in [-0.15, -0.1) is 0 Å². The van der Waals surface area contributed by atoms with Gasteiger partial charge in [0.2, 0.25) is 5.91 Å². The van der Waals surface area contributed by atoms with Crippen LogP contribution < -0.4 is 5.32 Å². The molecule has 0 aromatic heterocycles. The molecule has 0 radical (unpaired) electrons. The zero-order valence-corrected chi connectivity index (χ0v) is 10.7. The Morgan fingerprint density at radius 1 is 1.37 bits per heavy atom. The Morgan fingerprint density at radius 3 is 2.58 bits per heavy atom. The van der Waals surface area contributed by atoms with Crippen molar-refractivity contribution in [3.8, 4) is 0 Å². The van der Waals surface area contributed by atoms with E-state index in [4.69, 9.17) is 0 Å². The molecule has 0 unspecified atom stereocenters. The van der Waals surface area contributed by atoms with Crippen molar-refractivity contribution in [3.05, 3.63) is 45.5 Å². The van der Waals surface area contributed by atoms with Gasteiger partial charge >= 0.3 is 0 Å². The number of nitrogens with zero attached hydrogens (tertiary/aromatic N) is 1. The van der Waals surface area contributed by atoms with E-state index >= 15 is 0 Å². The molecule has 1 rings (SSSR count). The Balaban J connectivity index is 2.97. The molecule has 0 heterocycles. The monoisotopic (exact) mass is 262 g/mol. The minimum atomic E-state index is -0.537. The first-order valence-electron chi connectivity index (χ1n) is 5.62. The summed E-state index contributed by atoms with van der Waals surface area (Å²) in [4.78, 5) is 32.2. The number of ketones is 1. The minimum absolute atomic E-state index is 0.133. The van der Waals surface area contributed by atoms with E-state index in [0.717, 1.165) is 0 Å². The third-order valence-electron chi connectivity index (χ3n) is 2.40. The van der Waals surface area contributed by atoms with Crippen molar-refractivity contribution in [1.29, 1.82) is 0 Å². The van der Waals surface area contributed by atoms with Crippen LogP contribution in [0.25, 0.3) is 6.08 Å². The first kappa shape index (κ1) is 14.6. The number of nitrogens with one attached hydrogen (secondary N) is 1. The van der Waals surface area contributed by atoms with E-state index in [2.05, 4.69) is 5.32 Å². The molecule has 0 aliphatic rings. The lowest BCUT2D eigenvalue weighted by atomic mass is 10.1. The zero-order chi connectivity index (χ0) is 14.4. The molecule has 1 amide bonds. The van der Waals surface area contributed by atoms with Crippen LogP contribution in [0.5, 0.6) is 0 Å². The fourth-order valence-corrected chi connectivity index (χ4v) is 1.45. The maximum atomic E-state index is 11.2. The van der Waals surface area contributed by atoms with Crippen molar-refractivity contribution >= 4 is 23.5 Å². The van der Waals surface area contributed by atoms with Gasteiger partial charge in [0.1, 0.15) is 0 Å². The third-order valence-corrected chi connectivity index (χ3v) is 2.40. The van der Waals surface area contributed by atoms with E-state index in [1.54, 1.807) is 6.08 Å². The average molecular weight is 262 g/mol. The first-order valence-corrected chi connectivity index (χ1v) is 5.62. The second-order valence-corrected chi connectivity index (χ2v) is 3.93. The summed E-state index contributed by atoms with van der Waals surface area (Å²) in [5.74, 6) is -0.400. The molecule has 0 atom stereocenters. The molecule has 6 nitrogen and oxygen atoms in total. The van der Waals surface area contributed by atoms with Gasteiger partial charge in [0.25, 0.3) is 5.69 Å². The van der Waals surface area contributed by atoms with Gasteiger partial charge in [-0.1, -0.05) is 18.2 Å². The van der Waals surface area contributed by atoms with Gasteiger partial charge in [0.15, 0.2) is 5.78 Å². The molecule has 0 saturated heterocycles. The van der Waals surface area contributed by atoms with Crippen LogP contribution in [0.2, 0.25) is 0 Å². The van der Waals surface area contributed by atoms with Gasteiger partial charge in [-0.25, -0.2) is 0 Å². The molecule has 0 spiro atoms. The highest BCUT2D eigenvalue weighted by Crippen LogP contribution is 2.21. The molecule has 19 heavy (non-hydrogen) atoms. The van der Waals surface area contributed by atoms with Gasteiger partial charge in [-0.3, -0.25) is 19.7 Å². The highest BCUT2D eigenvalue weighted by molar-refractivity contribution is 5.95. The van der Waals surface area contributed by atoms with Crippen LogP contribution in [0.15, 0.2) is 24.3 Å². The van der Waals surface area contributed by atoms with Crippen molar-refractivity contribution in [2.45, 2.75) is 13.8 Å². The van der Waals surface area contributed by atoms with Crippen LogP contribution in [0, 0.1) is 10.1 Å². The number of nitro groups is 1. The predicted molar refractivity (Wildman–Crippen MR) is 70.8 cm³/mol. The Labute approximate surface area is 110 Å². The summed E-state index contributed by atoms with van der Waals surface area (Å²) >= 11 is 0. The minimum Gasteiger partial charge on any atom is -0.353 e. The Hall–Kier alpha value is -2.50. The summed E-state index contributed by atoms with van der Waals surface area (Å²) in [5.41, 5.74) is 0.554. The smallest absolute Gasteiger partial charge is 0.277 e. The molecule has 0 aliphatic heterocycles. The van der Waals surface area contributed by atoms with Crippen LogP contribution >= 0.6 is 0 Å². The standard InChI is InChI=1S/C13H14N2O4/c1-9(16)12-6-5-11(13(8-12)15(18)19)4-3-7-14-10(2)17/h3-6,8H,7H2,1-2H3,(H,14,17). The maximum Gasteiger partial charge on any atom is 0.277 e. The normalized spacial score (nSPS) is 10.4. The lowest BCUT2D eigenvalue weighted by Crippen LogP contribution is -2.19. The van der Waals surface area contributed by atoms with E-state index in [1.807, 2.05) is 0 Å². The van der Waals surface area contributed by atoms with Gasteiger partial charge in [-0.05, 0) is 13.0 Å². The molecular formula is C13H14N2O4. The van der Waals surface area contributed by atoms with Crippen LogP contribution in [-0.2, 0) is 4.79 Å². The summed E-state index contributed by atoms with van der Waals surface area (Å²) in [7, 11) is 0. The van der Waals surface area contributed by atoms with E-state index in [1.165, 1.54) is 38.1 Å². The molecule has 1 aromatic carbocycles. The Bertz CT molecular complexity index is 550. The van der Waals surface area contributed by atoms with Crippen LogP contribution in [-0.4, -0.2) is 23.2 Å². The van der Waals surface area contributed by atoms with E-state index in [9.17, 15) is 19.7 Å². The largest absolute Gasteiger partial charge is 0.353 e. The van der Waals surface area contributed by atoms with Crippen molar-refractivity contribution in [2.24, 2.45) is 0 Å². The van der Waals surface area contributed by atoms with E-state index in [-0.39, 0.29) is 17.4 Å². The number of nitro benzene ring substituents is 1. The van der Waals surface area contributed by atoms with Crippen molar-refractivity contribution < 1.29 is 14.5 Å². The number of rotatable bonds is 5. The second kappa shape index (κ2) is 6.44. The summed E-state index contributed by atoms with van der Waals surface area (Å²) < 4.78 is 0. The Kier molecular flexibility index (Phi) is 4.93. The molecule has 1 aromatic rings. The molecular weight excluding hydrogens is 248 g/mol. The van der Waals surface area contributed by atoms with Gasteiger partial charge in [0, 0.05) is 25.1 Å². The Morgan fingerprint density at radius 2 is 2.05 bits per heavy atom. The number of hydrogen-bond acceptors (Lipinski definition) is 4. The number of hydrogen-bond donors (Lipinski definition) is 1. The van der Waals surface area contributed by atoms with E-state index in [0.29, 0.717) is 17.7 Å². The van der Waals surface area contributed by atoms with E-state index < -0.39 is 4.92 Å². The zero-order valence-electron chi connectivity index (χ0n) is 10.7. The number of Topliss-reactive ketones (excluding diaryl/α,β-unsaturated/α-hetero) is 1. The lowest BCUT2D eigenvalue weighted by molar-refractivity contribution is -0.385. The average Bonchev–Trinajstić information content (AvgIpc) is 2.34. The highest BCUT2D eigenvalue weighted by Gasteiger charge is 2.13. The van der Waals surface area contributed by atoms with Crippen molar-refractivity contribution in [2.75, 3.05) is 6.54 Å². The fraction of sp³-hybridized carbons (Fsp3) is 0.231. The maximum absolute atomic E-state index is 11.2. The van der Waals surface area contributed by atoms with Crippen molar-refractivity contribution in [3.63, 3.8) is 0 Å². The number of carbonyl (C=O) groups is 2. The molecule has 1 N–H and O–H groups in total. The second-order valence-electron chi connectivity index (χ2n) is 3.93. The summed E-state index contributed by atoms with van der Waals surface area (Å²) in [6.07, 6.45) is 3.15. The molecule has 6 heteroatoms. The van der Waals surface area contributed by atoms with Crippen molar-refractivity contribution in [1.82, 2.24) is 5.32 Å². The van der Waals surface area contributed by atoms with Gasteiger partial charge < -0.3 is 5.32 Å². The van der Waals surface area contributed by atoms with Crippen LogP contribution in [0.1, 0.15) is 29.8 Å². The number of benzene rings is 1. The predicted octanol–water partition coefficient (Wildman–Crippen LogP) is 1.95.